The van der Waals surface area contributed by atoms with Gasteiger partial charge in [-0.05, 0) is 57.1 Å². The molecular formula is C15H22N2S. The number of nitrogens with zero attached hydrogens (tertiary/aromatic N) is 1. The van der Waals surface area contributed by atoms with E-state index in [1.807, 2.05) is 32.5 Å². The first-order valence-corrected chi connectivity index (χ1v) is 7.33. The summed E-state index contributed by atoms with van der Waals surface area (Å²) in [5, 5.41) is 8.94. The van der Waals surface area contributed by atoms with Gasteiger partial charge in [0.1, 0.15) is 0 Å². The summed E-state index contributed by atoms with van der Waals surface area (Å²) in [6.07, 6.45) is 2.01. The van der Waals surface area contributed by atoms with Crippen LogP contribution in [0.15, 0.2) is 29.2 Å². The minimum atomic E-state index is -0.200. The van der Waals surface area contributed by atoms with Gasteiger partial charge in [-0.15, -0.1) is 11.8 Å². The standard InChI is InChI=1S/C15H22N2S/c1-12(17)13-6-4-7-14(10-13)18-9-5-8-15(2,3)11-16/h4,6-7,10,12H,5,8-9,17H2,1-3H3. The minimum Gasteiger partial charge on any atom is -0.324 e. The predicted octanol–water partition coefficient (Wildman–Crippen LogP) is 4.13. The molecule has 0 aromatic heterocycles. The van der Waals surface area contributed by atoms with Crippen molar-refractivity contribution in [2.24, 2.45) is 11.1 Å². The maximum atomic E-state index is 8.94. The normalized spacial score (nSPS) is 13.1. The average Bonchev–Trinajstić information content (AvgIpc) is 2.35. The lowest BCUT2D eigenvalue weighted by molar-refractivity contribution is 0.448. The third-order valence-electron chi connectivity index (χ3n) is 2.90. The van der Waals surface area contributed by atoms with Crippen LogP contribution in [-0.2, 0) is 0 Å². The molecule has 3 heteroatoms. The number of nitrogens with two attached hydrogens (primary N) is 1. The van der Waals surface area contributed by atoms with Gasteiger partial charge in [-0.1, -0.05) is 12.1 Å². The van der Waals surface area contributed by atoms with Crippen molar-refractivity contribution in [3.8, 4) is 6.07 Å². The fourth-order valence-corrected chi connectivity index (χ4v) is 2.57. The first kappa shape index (κ1) is 15.1. The lowest BCUT2D eigenvalue weighted by Gasteiger charge is -2.14. The molecule has 1 rings (SSSR count). The molecule has 2 N–H and O–H groups in total. The molecule has 0 spiro atoms. The predicted molar refractivity (Wildman–Crippen MR) is 78.4 cm³/mol. The summed E-state index contributed by atoms with van der Waals surface area (Å²) in [6.45, 7) is 5.99. The molecule has 0 aliphatic rings. The van der Waals surface area contributed by atoms with E-state index in [-0.39, 0.29) is 11.5 Å². The molecule has 0 radical (unpaired) electrons. The van der Waals surface area contributed by atoms with Gasteiger partial charge in [0, 0.05) is 10.9 Å². The summed E-state index contributed by atoms with van der Waals surface area (Å²) in [5.74, 6) is 1.05. The van der Waals surface area contributed by atoms with Crippen LogP contribution < -0.4 is 5.73 Å². The Morgan fingerprint density at radius 1 is 1.44 bits per heavy atom. The summed E-state index contributed by atoms with van der Waals surface area (Å²) in [5.41, 5.74) is 6.85. The van der Waals surface area contributed by atoms with Gasteiger partial charge in [0.15, 0.2) is 0 Å². The highest BCUT2D eigenvalue weighted by Gasteiger charge is 2.15. The minimum absolute atomic E-state index is 0.0862. The summed E-state index contributed by atoms with van der Waals surface area (Å²) >= 11 is 1.84. The molecule has 1 atom stereocenters. The van der Waals surface area contributed by atoms with Gasteiger partial charge in [-0.25, -0.2) is 0 Å². The maximum absolute atomic E-state index is 8.94. The lowest BCUT2D eigenvalue weighted by atomic mass is 9.90. The van der Waals surface area contributed by atoms with Crippen LogP contribution in [0, 0.1) is 16.7 Å². The number of hydrogen-bond donors (Lipinski definition) is 1. The maximum Gasteiger partial charge on any atom is 0.0683 e. The van der Waals surface area contributed by atoms with Gasteiger partial charge in [0.2, 0.25) is 0 Å². The molecule has 1 aromatic carbocycles. The van der Waals surface area contributed by atoms with E-state index < -0.39 is 0 Å². The van der Waals surface area contributed by atoms with Crippen molar-refractivity contribution in [1.82, 2.24) is 0 Å². The van der Waals surface area contributed by atoms with Crippen LogP contribution >= 0.6 is 11.8 Å². The number of thioether (sulfide) groups is 1. The van der Waals surface area contributed by atoms with Gasteiger partial charge >= 0.3 is 0 Å². The Bertz CT molecular complexity index is 419. The Kier molecular flexibility index (Phi) is 5.71. The molecule has 0 amide bonds. The third kappa shape index (κ3) is 5.12. The Morgan fingerprint density at radius 3 is 2.78 bits per heavy atom. The van der Waals surface area contributed by atoms with E-state index in [1.54, 1.807) is 0 Å². The molecule has 1 aromatic rings. The Labute approximate surface area is 115 Å². The van der Waals surface area contributed by atoms with E-state index in [9.17, 15) is 0 Å². The van der Waals surface area contributed by atoms with E-state index in [4.69, 9.17) is 11.0 Å². The Hall–Kier alpha value is -0.980. The molecule has 0 aliphatic carbocycles. The largest absolute Gasteiger partial charge is 0.324 e. The second kappa shape index (κ2) is 6.82. The molecule has 0 heterocycles. The molecule has 1 unspecified atom stereocenters. The fourth-order valence-electron chi connectivity index (χ4n) is 1.65. The number of benzene rings is 1. The summed E-state index contributed by atoms with van der Waals surface area (Å²) in [4.78, 5) is 1.26. The van der Waals surface area contributed by atoms with Crippen LogP contribution in [-0.4, -0.2) is 5.75 Å². The topological polar surface area (TPSA) is 49.8 Å². The van der Waals surface area contributed by atoms with E-state index in [2.05, 4.69) is 30.3 Å². The molecule has 0 bridgehead atoms. The van der Waals surface area contributed by atoms with Crippen molar-refractivity contribution in [1.29, 1.82) is 5.26 Å². The van der Waals surface area contributed by atoms with Crippen molar-refractivity contribution in [2.45, 2.75) is 44.6 Å². The number of nitriles is 1. The highest BCUT2D eigenvalue weighted by Crippen LogP contribution is 2.26. The molecule has 0 aliphatic heterocycles. The Morgan fingerprint density at radius 2 is 2.17 bits per heavy atom. The Balaban J connectivity index is 2.41. The summed E-state index contributed by atoms with van der Waals surface area (Å²) < 4.78 is 0. The van der Waals surface area contributed by atoms with Crippen LogP contribution in [0.4, 0.5) is 0 Å². The quantitative estimate of drug-likeness (QED) is 0.619. The van der Waals surface area contributed by atoms with Crippen molar-refractivity contribution in [3.05, 3.63) is 29.8 Å². The van der Waals surface area contributed by atoms with Crippen LogP contribution in [0.1, 0.15) is 45.2 Å². The van der Waals surface area contributed by atoms with Gasteiger partial charge in [-0.2, -0.15) is 5.26 Å². The third-order valence-corrected chi connectivity index (χ3v) is 3.98. The summed E-state index contributed by atoms with van der Waals surface area (Å²) in [6, 6.07) is 10.8. The van der Waals surface area contributed by atoms with Crippen molar-refractivity contribution < 1.29 is 0 Å². The first-order chi connectivity index (χ1) is 8.44. The van der Waals surface area contributed by atoms with Gasteiger partial charge in [-0.3, -0.25) is 0 Å². The monoisotopic (exact) mass is 262 g/mol. The van der Waals surface area contributed by atoms with Crippen molar-refractivity contribution >= 4 is 11.8 Å². The molecule has 2 nitrogen and oxygen atoms in total. The number of rotatable bonds is 6. The van der Waals surface area contributed by atoms with Crippen LogP contribution in [0.25, 0.3) is 0 Å². The van der Waals surface area contributed by atoms with E-state index in [1.165, 1.54) is 10.5 Å². The molecule has 18 heavy (non-hydrogen) atoms. The lowest BCUT2D eigenvalue weighted by Crippen LogP contribution is -2.07. The van der Waals surface area contributed by atoms with Crippen molar-refractivity contribution in [3.63, 3.8) is 0 Å². The summed E-state index contributed by atoms with van der Waals surface area (Å²) in [7, 11) is 0. The zero-order valence-corrected chi connectivity index (χ0v) is 12.3. The van der Waals surface area contributed by atoms with Gasteiger partial charge < -0.3 is 5.73 Å². The second-order valence-corrected chi connectivity index (χ2v) is 6.48. The van der Waals surface area contributed by atoms with Crippen LogP contribution in [0.5, 0.6) is 0 Å². The van der Waals surface area contributed by atoms with Crippen molar-refractivity contribution in [2.75, 3.05) is 5.75 Å². The molecule has 98 valence electrons. The van der Waals surface area contributed by atoms with Gasteiger partial charge in [0.25, 0.3) is 0 Å². The van der Waals surface area contributed by atoms with Crippen LogP contribution in [0.3, 0.4) is 0 Å². The molecular weight excluding hydrogens is 240 g/mol. The fraction of sp³-hybridized carbons (Fsp3) is 0.533. The van der Waals surface area contributed by atoms with Gasteiger partial charge in [0.05, 0.1) is 11.5 Å². The van der Waals surface area contributed by atoms with E-state index in [0.717, 1.165) is 18.6 Å². The SMILES string of the molecule is CC(N)c1cccc(SCCCC(C)(C)C#N)c1. The highest BCUT2D eigenvalue weighted by atomic mass is 32.2. The smallest absolute Gasteiger partial charge is 0.0683 e. The highest BCUT2D eigenvalue weighted by molar-refractivity contribution is 7.99. The average molecular weight is 262 g/mol. The molecule has 0 saturated carbocycles. The zero-order valence-electron chi connectivity index (χ0n) is 11.4. The second-order valence-electron chi connectivity index (χ2n) is 5.31. The number of hydrogen-bond acceptors (Lipinski definition) is 3. The zero-order chi connectivity index (χ0) is 13.6. The molecule has 0 saturated heterocycles. The first-order valence-electron chi connectivity index (χ1n) is 6.34. The molecule has 0 fully saturated rings. The van der Waals surface area contributed by atoms with E-state index >= 15 is 0 Å². The van der Waals surface area contributed by atoms with E-state index in [0.29, 0.717) is 0 Å². The van der Waals surface area contributed by atoms with Crippen LogP contribution in [0.2, 0.25) is 0 Å².